The van der Waals surface area contributed by atoms with Gasteiger partial charge in [-0.3, -0.25) is 4.79 Å². The van der Waals surface area contributed by atoms with E-state index in [0.717, 1.165) is 11.1 Å². The summed E-state index contributed by atoms with van der Waals surface area (Å²) in [7, 11) is 1.65. The van der Waals surface area contributed by atoms with Gasteiger partial charge in [-0.2, -0.15) is 5.10 Å². The summed E-state index contributed by atoms with van der Waals surface area (Å²) < 4.78 is 22.7. The second kappa shape index (κ2) is 8.75. The molecule has 1 N–H and O–H groups in total. The third kappa shape index (κ3) is 4.01. The molecule has 0 aliphatic rings. The van der Waals surface area contributed by atoms with Crippen LogP contribution in [0.25, 0.3) is 11.5 Å². The van der Waals surface area contributed by atoms with Gasteiger partial charge in [-0.1, -0.05) is 36.4 Å². The number of amides is 1. The van der Waals surface area contributed by atoms with Gasteiger partial charge in [-0.05, 0) is 35.4 Å². The number of nitrogens with zero attached hydrogens (tertiary/aromatic N) is 3. The van der Waals surface area contributed by atoms with E-state index in [2.05, 4.69) is 10.4 Å². The van der Waals surface area contributed by atoms with Crippen LogP contribution in [0, 0.1) is 5.82 Å². The SMILES string of the molecule is COCc1ccc(CNC(=O)c2cnn(-c3ccccc3F)c2-n2cccc2)cc1. The first-order valence-electron chi connectivity index (χ1n) is 9.48. The van der Waals surface area contributed by atoms with Crippen LogP contribution >= 0.6 is 0 Å². The van der Waals surface area contributed by atoms with Gasteiger partial charge in [0, 0.05) is 26.0 Å². The Labute approximate surface area is 173 Å². The number of para-hydroxylation sites is 1. The lowest BCUT2D eigenvalue weighted by atomic mass is 10.1. The predicted molar refractivity (Wildman–Crippen MR) is 111 cm³/mol. The van der Waals surface area contributed by atoms with Gasteiger partial charge in [0.2, 0.25) is 0 Å². The van der Waals surface area contributed by atoms with Gasteiger partial charge < -0.3 is 14.6 Å². The van der Waals surface area contributed by atoms with Crippen molar-refractivity contribution in [2.24, 2.45) is 0 Å². The van der Waals surface area contributed by atoms with E-state index in [0.29, 0.717) is 24.5 Å². The van der Waals surface area contributed by atoms with Crippen molar-refractivity contribution in [1.29, 1.82) is 0 Å². The number of methoxy groups -OCH3 is 1. The normalized spacial score (nSPS) is 10.9. The maximum absolute atomic E-state index is 14.4. The summed E-state index contributed by atoms with van der Waals surface area (Å²) in [4.78, 5) is 12.9. The lowest BCUT2D eigenvalue weighted by Gasteiger charge is -2.12. The molecule has 4 aromatic rings. The molecule has 0 radical (unpaired) electrons. The molecule has 0 aliphatic heterocycles. The Balaban J connectivity index is 1.61. The average molecular weight is 404 g/mol. The quantitative estimate of drug-likeness (QED) is 0.509. The molecule has 2 aromatic carbocycles. The van der Waals surface area contributed by atoms with Crippen LogP contribution in [0.3, 0.4) is 0 Å². The Morgan fingerprint density at radius 1 is 1.03 bits per heavy atom. The van der Waals surface area contributed by atoms with E-state index in [-0.39, 0.29) is 11.6 Å². The highest BCUT2D eigenvalue weighted by atomic mass is 19.1. The number of ether oxygens (including phenoxy) is 1. The van der Waals surface area contributed by atoms with Crippen molar-refractivity contribution in [2.75, 3.05) is 7.11 Å². The average Bonchev–Trinajstić information content (AvgIpc) is 3.43. The van der Waals surface area contributed by atoms with Crippen molar-refractivity contribution >= 4 is 5.91 Å². The topological polar surface area (TPSA) is 61.1 Å². The van der Waals surface area contributed by atoms with E-state index in [9.17, 15) is 9.18 Å². The van der Waals surface area contributed by atoms with Gasteiger partial charge in [-0.15, -0.1) is 0 Å². The van der Waals surface area contributed by atoms with Crippen LogP contribution in [0.1, 0.15) is 21.5 Å². The number of carbonyl (C=O) groups excluding carboxylic acids is 1. The molecule has 0 fully saturated rings. The summed E-state index contributed by atoms with van der Waals surface area (Å²) in [5.41, 5.74) is 2.65. The van der Waals surface area contributed by atoms with Crippen LogP contribution < -0.4 is 5.32 Å². The zero-order valence-electron chi connectivity index (χ0n) is 16.5. The minimum atomic E-state index is -0.419. The molecule has 0 spiro atoms. The molecule has 0 bridgehead atoms. The second-order valence-electron chi connectivity index (χ2n) is 6.77. The minimum Gasteiger partial charge on any atom is -0.380 e. The van der Waals surface area contributed by atoms with E-state index in [1.807, 2.05) is 36.4 Å². The first-order valence-corrected chi connectivity index (χ1v) is 9.48. The van der Waals surface area contributed by atoms with Gasteiger partial charge in [0.05, 0.1) is 12.8 Å². The maximum Gasteiger partial charge on any atom is 0.256 e. The smallest absolute Gasteiger partial charge is 0.256 e. The van der Waals surface area contributed by atoms with Gasteiger partial charge in [-0.25, -0.2) is 9.07 Å². The van der Waals surface area contributed by atoms with E-state index in [1.165, 1.54) is 16.9 Å². The number of rotatable bonds is 7. The standard InChI is InChI=1S/C23H21FN4O2/c1-30-16-18-10-8-17(9-11-18)14-25-22(29)19-15-26-28(21-7-3-2-6-20(21)24)23(19)27-12-4-5-13-27/h2-13,15H,14,16H2,1H3,(H,25,29). The summed E-state index contributed by atoms with van der Waals surface area (Å²) in [6, 6.07) is 17.8. The van der Waals surface area contributed by atoms with Gasteiger partial charge >= 0.3 is 0 Å². The monoisotopic (exact) mass is 404 g/mol. The van der Waals surface area contributed by atoms with Gasteiger partial charge in [0.1, 0.15) is 17.1 Å². The molecule has 0 aliphatic carbocycles. The van der Waals surface area contributed by atoms with Crippen molar-refractivity contribution < 1.29 is 13.9 Å². The largest absolute Gasteiger partial charge is 0.380 e. The summed E-state index contributed by atoms with van der Waals surface area (Å²) in [6.45, 7) is 0.907. The molecule has 0 unspecified atom stereocenters. The highest BCUT2D eigenvalue weighted by Crippen LogP contribution is 2.21. The number of nitrogens with one attached hydrogen (secondary N) is 1. The van der Waals surface area contributed by atoms with E-state index < -0.39 is 5.82 Å². The van der Waals surface area contributed by atoms with Crippen LogP contribution in [0.15, 0.2) is 79.3 Å². The number of aromatic nitrogens is 3. The van der Waals surface area contributed by atoms with E-state index in [1.54, 1.807) is 42.3 Å². The lowest BCUT2D eigenvalue weighted by molar-refractivity contribution is 0.0951. The highest BCUT2D eigenvalue weighted by Gasteiger charge is 2.21. The van der Waals surface area contributed by atoms with E-state index >= 15 is 0 Å². The lowest BCUT2D eigenvalue weighted by Crippen LogP contribution is -2.24. The fourth-order valence-corrected chi connectivity index (χ4v) is 3.22. The molecule has 7 heteroatoms. The molecule has 152 valence electrons. The third-order valence-electron chi connectivity index (χ3n) is 4.71. The van der Waals surface area contributed by atoms with Crippen LogP contribution in [0.5, 0.6) is 0 Å². The first kappa shape index (κ1) is 19.6. The molecule has 0 saturated heterocycles. The minimum absolute atomic E-state index is 0.272. The van der Waals surface area contributed by atoms with Crippen LogP contribution in [-0.2, 0) is 17.9 Å². The molecule has 2 aromatic heterocycles. The Hall–Kier alpha value is -3.71. The zero-order chi connectivity index (χ0) is 20.9. The predicted octanol–water partition coefficient (Wildman–Crippen LogP) is 3.88. The molecular weight excluding hydrogens is 383 g/mol. The molecule has 1 amide bonds. The summed E-state index contributed by atoms with van der Waals surface area (Å²) in [6.07, 6.45) is 5.04. The number of benzene rings is 2. The maximum atomic E-state index is 14.4. The molecule has 2 heterocycles. The number of hydrogen-bond acceptors (Lipinski definition) is 3. The van der Waals surface area contributed by atoms with Crippen molar-refractivity contribution in [3.63, 3.8) is 0 Å². The van der Waals surface area contributed by atoms with Crippen molar-refractivity contribution in [2.45, 2.75) is 13.2 Å². The zero-order valence-corrected chi connectivity index (χ0v) is 16.5. The number of hydrogen-bond donors (Lipinski definition) is 1. The summed E-state index contributed by atoms with van der Waals surface area (Å²) >= 11 is 0. The van der Waals surface area contributed by atoms with Crippen molar-refractivity contribution in [3.8, 4) is 11.5 Å². The van der Waals surface area contributed by atoms with Crippen LogP contribution in [-0.4, -0.2) is 27.4 Å². The van der Waals surface area contributed by atoms with Crippen molar-refractivity contribution in [3.05, 3.63) is 102 Å². The van der Waals surface area contributed by atoms with Crippen molar-refractivity contribution in [1.82, 2.24) is 19.7 Å². The third-order valence-corrected chi connectivity index (χ3v) is 4.71. The Morgan fingerprint density at radius 2 is 1.73 bits per heavy atom. The second-order valence-corrected chi connectivity index (χ2v) is 6.77. The summed E-state index contributed by atoms with van der Waals surface area (Å²) in [5.74, 6) is -0.239. The highest BCUT2D eigenvalue weighted by molar-refractivity contribution is 5.97. The van der Waals surface area contributed by atoms with E-state index in [4.69, 9.17) is 4.74 Å². The van der Waals surface area contributed by atoms with Crippen LogP contribution in [0.4, 0.5) is 4.39 Å². The first-order chi connectivity index (χ1) is 14.7. The molecule has 0 saturated carbocycles. The molecule has 6 nitrogen and oxygen atoms in total. The number of halogens is 1. The Morgan fingerprint density at radius 3 is 2.43 bits per heavy atom. The van der Waals surface area contributed by atoms with Gasteiger partial charge in [0.15, 0.2) is 5.82 Å². The van der Waals surface area contributed by atoms with Crippen LogP contribution in [0.2, 0.25) is 0 Å². The summed E-state index contributed by atoms with van der Waals surface area (Å²) in [5, 5.41) is 7.21. The Bertz CT molecular complexity index is 1130. The fourth-order valence-electron chi connectivity index (χ4n) is 3.22. The fraction of sp³-hybridized carbons (Fsp3) is 0.130. The number of carbonyl (C=O) groups is 1. The molecule has 30 heavy (non-hydrogen) atoms. The van der Waals surface area contributed by atoms with Gasteiger partial charge in [0.25, 0.3) is 5.91 Å². The Kier molecular flexibility index (Phi) is 5.72. The molecule has 4 rings (SSSR count). The molecule has 0 atom stereocenters. The molecular formula is C23H21FN4O2.